The SMILES string of the molecule is NC(=O)c1nccn1CCN1CCc2ccccc2C1. The number of benzene rings is 1. The summed E-state index contributed by atoms with van der Waals surface area (Å²) < 4.78 is 1.82. The van der Waals surface area contributed by atoms with E-state index in [0.29, 0.717) is 5.82 Å². The smallest absolute Gasteiger partial charge is 0.284 e. The number of fused-ring (bicyclic) bond motifs is 1. The second-order valence-corrected chi connectivity index (χ2v) is 5.10. The van der Waals surface area contributed by atoms with Gasteiger partial charge >= 0.3 is 0 Å². The van der Waals surface area contributed by atoms with Crippen molar-refractivity contribution in [3.05, 3.63) is 53.6 Å². The number of hydrogen-bond donors (Lipinski definition) is 1. The molecule has 0 saturated heterocycles. The third-order valence-electron chi connectivity index (χ3n) is 3.80. The van der Waals surface area contributed by atoms with Crippen LogP contribution in [0.1, 0.15) is 21.7 Å². The molecule has 2 aromatic rings. The topological polar surface area (TPSA) is 64.2 Å². The van der Waals surface area contributed by atoms with Gasteiger partial charge < -0.3 is 10.3 Å². The number of hydrogen-bond acceptors (Lipinski definition) is 3. The van der Waals surface area contributed by atoms with Gasteiger partial charge in [0.2, 0.25) is 0 Å². The van der Waals surface area contributed by atoms with E-state index in [2.05, 4.69) is 34.1 Å². The summed E-state index contributed by atoms with van der Waals surface area (Å²) in [5.41, 5.74) is 8.15. The number of nitrogens with zero attached hydrogens (tertiary/aromatic N) is 3. The molecule has 1 aliphatic rings. The maximum atomic E-state index is 11.2. The molecule has 1 aromatic heterocycles. The molecule has 1 aliphatic heterocycles. The Balaban J connectivity index is 1.63. The highest BCUT2D eigenvalue weighted by Crippen LogP contribution is 2.18. The maximum absolute atomic E-state index is 11.2. The molecule has 0 bridgehead atoms. The summed E-state index contributed by atoms with van der Waals surface area (Å²) in [6.45, 7) is 3.65. The molecule has 5 nitrogen and oxygen atoms in total. The third kappa shape index (κ3) is 2.58. The summed E-state index contributed by atoms with van der Waals surface area (Å²) in [5.74, 6) is -0.138. The van der Waals surface area contributed by atoms with E-state index in [-0.39, 0.29) is 0 Å². The van der Waals surface area contributed by atoms with E-state index in [4.69, 9.17) is 5.73 Å². The molecular weight excluding hydrogens is 252 g/mol. The molecule has 3 rings (SSSR count). The van der Waals surface area contributed by atoms with Crippen molar-refractivity contribution in [3.63, 3.8) is 0 Å². The lowest BCUT2D eigenvalue weighted by molar-refractivity contribution is 0.0985. The van der Waals surface area contributed by atoms with E-state index in [1.54, 1.807) is 12.4 Å². The van der Waals surface area contributed by atoms with Crippen LogP contribution < -0.4 is 5.73 Å². The quantitative estimate of drug-likeness (QED) is 0.903. The van der Waals surface area contributed by atoms with E-state index in [0.717, 1.165) is 32.6 Å². The van der Waals surface area contributed by atoms with Crippen molar-refractivity contribution in [1.29, 1.82) is 0 Å². The molecule has 20 heavy (non-hydrogen) atoms. The Morgan fingerprint density at radius 3 is 2.85 bits per heavy atom. The van der Waals surface area contributed by atoms with Gasteiger partial charge in [-0.3, -0.25) is 9.69 Å². The number of carbonyl (C=O) groups excluding carboxylic acids is 1. The van der Waals surface area contributed by atoms with Crippen molar-refractivity contribution in [2.24, 2.45) is 5.73 Å². The van der Waals surface area contributed by atoms with Crippen molar-refractivity contribution < 1.29 is 4.79 Å². The number of aromatic nitrogens is 2. The molecule has 2 heterocycles. The van der Waals surface area contributed by atoms with Crippen LogP contribution in [0.4, 0.5) is 0 Å². The number of primary amides is 1. The minimum absolute atomic E-state index is 0.336. The molecule has 1 amide bonds. The van der Waals surface area contributed by atoms with Crippen molar-refractivity contribution in [2.75, 3.05) is 13.1 Å². The standard InChI is InChI=1S/C15H18N4O/c16-14(20)15-17-6-8-19(15)10-9-18-7-5-12-3-1-2-4-13(12)11-18/h1-4,6,8H,5,7,9-11H2,(H2,16,20). The fraction of sp³-hybridized carbons (Fsp3) is 0.333. The molecule has 0 fully saturated rings. The maximum Gasteiger partial charge on any atom is 0.284 e. The van der Waals surface area contributed by atoms with Gasteiger partial charge in [0.05, 0.1) is 0 Å². The van der Waals surface area contributed by atoms with Crippen LogP contribution in [-0.2, 0) is 19.5 Å². The van der Waals surface area contributed by atoms with Crippen molar-refractivity contribution in [3.8, 4) is 0 Å². The molecule has 5 heteroatoms. The number of rotatable bonds is 4. The van der Waals surface area contributed by atoms with Crippen molar-refractivity contribution in [2.45, 2.75) is 19.5 Å². The zero-order valence-electron chi connectivity index (χ0n) is 11.3. The van der Waals surface area contributed by atoms with E-state index in [1.807, 2.05) is 4.57 Å². The van der Waals surface area contributed by atoms with Gasteiger partial charge in [-0.1, -0.05) is 24.3 Å². The van der Waals surface area contributed by atoms with Crippen molar-refractivity contribution >= 4 is 5.91 Å². The highest BCUT2D eigenvalue weighted by atomic mass is 16.1. The van der Waals surface area contributed by atoms with Crippen LogP contribution in [-0.4, -0.2) is 33.4 Å². The second-order valence-electron chi connectivity index (χ2n) is 5.10. The molecule has 0 unspecified atom stereocenters. The van der Waals surface area contributed by atoms with Gasteiger partial charge in [-0.2, -0.15) is 0 Å². The molecule has 104 valence electrons. The largest absolute Gasteiger partial charge is 0.363 e. The number of amides is 1. The second kappa shape index (κ2) is 5.46. The first-order valence-corrected chi connectivity index (χ1v) is 6.84. The Bertz CT molecular complexity index is 620. The highest BCUT2D eigenvalue weighted by molar-refractivity contribution is 5.89. The molecular formula is C15H18N4O. The van der Waals surface area contributed by atoms with E-state index in [9.17, 15) is 4.79 Å². The highest BCUT2D eigenvalue weighted by Gasteiger charge is 2.16. The van der Waals surface area contributed by atoms with Gasteiger partial charge in [0.15, 0.2) is 5.82 Å². The first-order valence-electron chi connectivity index (χ1n) is 6.84. The van der Waals surface area contributed by atoms with E-state index >= 15 is 0 Å². The fourth-order valence-electron chi connectivity index (χ4n) is 2.71. The molecule has 2 N–H and O–H groups in total. The lowest BCUT2D eigenvalue weighted by atomic mass is 10.00. The van der Waals surface area contributed by atoms with Crippen LogP contribution in [0.25, 0.3) is 0 Å². The van der Waals surface area contributed by atoms with E-state index in [1.165, 1.54) is 11.1 Å². The summed E-state index contributed by atoms with van der Waals surface area (Å²) in [4.78, 5) is 17.6. The van der Waals surface area contributed by atoms with Crippen LogP contribution >= 0.6 is 0 Å². The summed E-state index contributed by atoms with van der Waals surface area (Å²) in [5, 5.41) is 0. The van der Waals surface area contributed by atoms with Gasteiger partial charge in [0.1, 0.15) is 0 Å². The lowest BCUT2D eigenvalue weighted by Crippen LogP contribution is -2.33. The normalized spacial score (nSPS) is 15.0. The Morgan fingerprint density at radius 1 is 1.25 bits per heavy atom. The zero-order valence-corrected chi connectivity index (χ0v) is 11.3. The monoisotopic (exact) mass is 270 g/mol. The van der Waals surface area contributed by atoms with Crippen LogP contribution in [0.3, 0.4) is 0 Å². The van der Waals surface area contributed by atoms with Crippen LogP contribution in [0.15, 0.2) is 36.7 Å². The Morgan fingerprint density at radius 2 is 2.05 bits per heavy atom. The first kappa shape index (κ1) is 12.9. The minimum atomic E-state index is -0.473. The predicted molar refractivity (Wildman–Crippen MR) is 76.2 cm³/mol. The van der Waals surface area contributed by atoms with Crippen LogP contribution in [0.2, 0.25) is 0 Å². The van der Waals surface area contributed by atoms with Crippen molar-refractivity contribution in [1.82, 2.24) is 14.5 Å². The molecule has 0 saturated carbocycles. The van der Waals surface area contributed by atoms with Gasteiger partial charge in [-0.15, -0.1) is 0 Å². The first-order chi connectivity index (χ1) is 9.74. The van der Waals surface area contributed by atoms with Crippen LogP contribution in [0, 0.1) is 0 Å². The average molecular weight is 270 g/mol. The van der Waals surface area contributed by atoms with E-state index < -0.39 is 5.91 Å². The molecule has 0 radical (unpaired) electrons. The third-order valence-corrected chi connectivity index (χ3v) is 3.80. The lowest BCUT2D eigenvalue weighted by Gasteiger charge is -2.28. The van der Waals surface area contributed by atoms with Crippen LogP contribution in [0.5, 0.6) is 0 Å². The average Bonchev–Trinajstić information content (AvgIpc) is 2.93. The predicted octanol–water partition coefficient (Wildman–Crippen LogP) is 1.04. The van der Waals surface area contributed by atoms with Gasteiger partial charge in [0, 0.05) is 38.6 Å². The number of imidazole rings is 1. The Hall–Kier alpha value is -2.14. The molecule has 1 aromatic carbocycles. The van der Waals surface area contributed by atoms with Gasteiger partial charge in [-0.25, -0.2) is 4.98 Å². The Kier molecular flexibility index (Phi) is 3.52. The number of carbonyl (C=O) groups is 1. The number of nitrogens with two attached hydrogens (primary N) is 1. The minimum Gasteiger partial charge on any atom is -0.363 e. The molecule has 0 aliphatic carbocycles. The van der Waals surface area contributed by atoms with Gasteiger partial charge in [0.25, 0.3) is 5.91 Å². The fourth-order valence-corrected chi connectivity index (χ4v) is 2.71. The summed E-state index contributed by atoms with van der Waals surface area (Å²) in [6, 6.07) is 8.57. The summed E-state index contributed by atoms with van der Waals surface area (Å²) in [7, 11) is 0. The summed E-state index contributed by atoms with van der Waals surface area (Å²) in [6.07, 6.45) is 4.51. The Labute approximate surface area is 118 Å². The molecule has 0 atom stereocenters. The summed E-state index contributed by atoms with van der Waals surface area (Å²) >= 11 is 0. The van der Waals surface area contributed by atoms with Gasteiger partial charge in [-0.05, 0) is 17.5 Å². The zero-order chi connectivity index (χ0) is 13.9. The molecule has 0 spiro atoms.